The fourth-order valence-corrected chi connectivity index (χ4v) is 3.10. The number of aryl methyl sites for hydroxylation is 1. The normalized spacial score (nSPS) is 20.8. The summed E-state index contributed by atoms with van der Waals surface area (Å²) >= 11 is 0. The number of aliphatic hydroxyl groups excluding tert-OH is 1. The summed E-state index contributed by atoms with van der Waals surface area (Å²) in [6, 6.07) is 5.34. The minimum Gasteiger partial charge on any atom is -0.391 e. The van der Waals surface area contributed by atoms with E-state index in [2.05, 4.69) is 20.3 Å². The zero-order chi connectivity index (χ0) is 16.7. The SMILES string of the molecule is Cc1cc(C[C@@H]2CN(C(=O)c3ccc4cn[nH]c4n3)C[C@@H]2O)on1. The first kappa shape index (κ1) is 14.8. The zero-order valence-corrected chi connectivity index (χ0v) is 13.1. The van der Waals surface area contributed by atoms with Crippen LogP contribution in [-0.4, -0.2) is 55.4 Å². The molecule has 8 heteroatoms. The average molecular weight is 327 g/mol. The first-order chi connectivity index (χ1) is 11.6. The van der Waals surface area contributed by atoms with Crippen molar-refractivity contribution in [2.45, 2.75) is 19.4 Å². The van der Waals surface area contributed by atoms with Crippen LogP contribution in [0.4, 0.5) is 0 Å². The quantitative estimate of drug-likeness (QED) is 0.741. The molecule has 3 aromatic rings. The van der Waals surface area contributed by atoms with Gasteiger partial charge >= 0.3 is 0 Å². The van der Waals surface area contributed by atoms with E-state index >= 15 is 0 Å². The lowest BCUT2D eigenvalue weighted by atomic mass is 10.0. The number of β-amino-alcohol motifs (C(OH)–C–C–N with tert-alkyl or cyclic N) is 1. The lowest BCUT2D eigenvalue weighted by Gasteiger charge is -2.15. The van der Waals surface area contributed by atoms with Crippen LogP contribution < -0.4 is 0 Å². The summed E-state index contributed by atoms with van der Waals surface area (Å²) in [5, 5.41) is 21.6. The number of carbonyl (C=O) groups excluding carboxylic acids is 1. The maximum absolute atomic E-state index is 12.6. The highest BCUT2D eigenvalue weighted by molar-refractivity contribution is 5.94. The maximum Gasteiger partial charge on any atom is 0.272 e. The maximum atomic E-state index is 12.6. The number of hydrogen-bond acceptors (Lipinski definition) is 6. The first-order valence-electron chi connectivity index (χ1n) is 7.80. The van der Waals surface area contributed by atoms with E-state index in [0.717, 1.165) is 16.8 Å². The number of hydrogen-bond donors (Lipinski definition) is 2. The van der Waals surface area contributed by atoms with Crippen molar-refractivity contribution in [3.8, 4) is 0 Å². The summed E-state index contributed by atoms with van der Waals surface area (Å²) in [5.41, 5.74) is 1.73. The van der Waals surface area contributed by atoms with E-state index in [1.807, 2.05) is 13.0 Å². The van der Waals surface area contributed by atoms with Gasteiger partial charge in [-0.15, -0.1) is 0 Å². The molecule has 1 amide bonds. The molecule has 1 aliphatic rings. The smallest absolute Gasteiger partial charge is 0.272 e. The molecule has 2 N–H and O–H groups in total. The Bertz CT molecular complexity index is 887. The lowest BCUT2D eigenvalue weighted by Crippen LogP contribution is -2.30. The van der Waals surface area contributed by atoms with Gasteiger partial charge in [0.25, 0.3) is 5.91 Å². The molecule has 4 rings (SSSR count). The predicted molar refractivity (Wildman–Crippen MR) is 84.2 cm³/mol. The van der Waals surface area contributed by atoms with Crippen molar-refractivity contribution in [2.75, 3.05) is 13.1 Å². The van der Waals surface area contributed by atoms with E-state index in [0.29, 0.717) is 30.9 Å². The number of nitrogens with one attached hydrogen (secondary N) is 1. The highest BCUT2D eigenvalue weighted by Crippen LogP contribution is 2.23. The van der Waals surface area contributed by atoms with Gasteiger partial charge < -0.3 is 14.5 Å². The van der Waals surface area contributed by atoms with Gasteiger partial charge in [0.15, 0.2) is 5.65 Å². The predicted octanol–water partition coefficient (Wildman–Crippen LogP) is 0.930. The third kappa shape index (κ3) is 2.65. The third-order valence-corrected chi connectivity index (χ3v) is 4.35. The highest BCUT2D eigenvalue weighted by Gasteiger charge is 2.35. The molecular formula is C16H17N5O3. The molecule has 0 aliphatic carbocycles. The second-order valence-corrected chi connectivity index (χ2v) is 6.18. The summed E-state index contributed by atoms with van der Waals surface area (Å²) in [4.78, 5) is 18.6. The molecule has 0 unspecified atom stereocenters. The molecule has 24 heavy (non-hydrogen) atoms. The van der Waals surface area contributed by atoms with Gasteiger partial charge in [-0.2, -0.15) is 5.10 Å². The van der Waals surface area contributed by atoms with Gasteiger partial charge in [-0.3, -0.25) is 9.89 Å². The van der Waals surface area contributed by atoms with Crippen LogP contribution in [0.3, 0.4) is 0 Å². The van der Waals surface area contributed by atoms with Gasteiger partial charge in [-0.25, -0.2) is 4.98 Å². The van der Waals surface area contributed by atoms with Crippen LogP contribution in [0.5, 0.6) is 0 Å². The van der Waals surface area contributed by atoms with Gasteiger partial charge in [-0.1, -0.05) is 5.16 Å². The summed E-state index contributed by atoms with van der Waals surface area (Å²) < 4.78 is 5.21. The van der Waals surface area contributed by atoms with E-state index in [1.165, 1.54) is 0 Å². The second kappa shape index (κ2) is 5.72. The summed E-state index contributed by atoms with van der Waals surface area (Å²) in [6.45, 7) is 2.60. The van der Waals surface area contributed by atoms with Gasteiger partial charge in [-0.05, 0) is 19.1 Å². The minimum absolute atomic E-state index is 0.0721. The van der Waals surface area contributed by atoms with Crippen LogP contribution in [0.2, 0.25) is 0 Å². The number of aromatic nitrogens is 4. The van der Waals surface area contributed by atoms with E-state index in [1.54, 1.807) is 23.2 Å². The summed E-state index contributed by atoms with van der Waals surface area (Å²) in [7, 11) is 0. The van der Waals surface area contributed by atoms with Crippen molar-refractivity contribution < 1.29 is 14.4 Å². The zero-order valence-electron chi connectivity index (χ0n) is 13.1. The molecule has 4 heterocycles. The first-order valence-corrected chi connectivity index (χ1v) is 7.80. The number of rotatable bonds is 3. The molecule has 3 aromatic heterocycles. The van der Waals surface area contributed by atoms with Crippen LogP contribution in [0, 0.1) is 12.8 Å². The van der Waals surface area contributed by atoms with Crippen molar-refractivity contribution in [2.24, 2.45) is 5.92 Å². The number of H-pyrrole nitrogens is 1. The van der Waals surface area contributed by atoms with Gasteiger partial charge in [0, 0.05) is 36.9 Å². The number of pyridine rings is 1. The van der Waals surface area contributed by atoms with Gasteiger partial charge in [0.1, 0.15) is 11.5 Å². The Morgan fingerprint density at radius 1 is 1.46 bits per heavy atom. The summed E-state index contributed by atoms with van der Waals surface area (Å²) in [6.07, 6.45) is 1.62. The number of likely N-dealkylation sites (tertiary alicyclic amines) is 1. The number of aromatic amines is 1. The molecule has 0 spiro atoms. The minimum atomic E-state index is -0.588. The van der Waals surface area contributed by atoms with Crippen molar-refractivity contribution in [1.29, 1.82) is 0 Å². The molecule has 2 atom stereocenters. The Morgan fingerprint density at radius 3 is 3.12 bits per heavy atom. The lowest BCUT2D eigenvalue weighted by molar-refractivity contribution is 0.0759. The Hall–Kier alpha value is -2.74. The number of amides is 1. The molecule has 124 valence electrons. The van der Waals surface area contributed by atoms with Crippen molar-refractivity contribution >= 4 is 16.9 Å². The van der Waals surface area contributed by atoms with Crippen molar-refractivity contribution in [1.82, 2.24) is 25.2 Å². The van der Waals surface area contributed by atoms with Crippen LogP contribution in [0.1, 0.15) is 21.9 Å². The third-order valence-electron chi connectivity index (χ3n) is 4.35. The Morgan fingerprint density at radius 2 is 2.33 bits per heavy atom. The Balaban J connectivity index is 1.49. The van der Waals surface area contributed by atoms with E-state index < -0.39 is 6.10 Å². The molecule has 1 fully saturated rings. The van der Waals surface area contributed by atoms with Gasteiger partial charge in [0.2, 0.25) is 0 Å². The van der Waals surface area contributed by atoms with E-state index in [-0.39, 0.29) is 11.8 Å². The fraction of sp³-hybridized carbons (Fsp3) is 0.375. The molecule has 0 aromatic carbocycles. The molecule has 0 radical (unpaired) electrons. The van der Waals surface area contributed by atoms with Crippen molar-refractivity contribution in [3.63, 3.8) is 0 Å². The van der Waals surface area contributed by atoms with Crippen LogP contribution in [0.25, 0.3) is 11.0 Å². The Labute approximate surface area is 137 Å². The number of aliphatic hydroxyl groups is 1. The standard InChI is InChI=1S/C16H17N5O3/c1-9-4-12(24-20-9)5-11-7-21(8-14(11)22)16(23)13-3-2-10-6-17-19-15(10)18-13/h2-4,6,11,14,22H,5,7-8H2,1H3,(H,17,18,19)/t11-,14+/m1/s1. The number of nitrogens with zero attached hydrogens (tertiary/aromatic N) is 4. The summed E-state index contributed by atoms with van der Waals surface area (Å²) in [5.74, 6) is 0.460. The molecule has 1 aliphatic heterocycles. The van der Waals surface area contributed by atoms with E-state index in [9.17, 15) is 9.90 Å². The highest BCUT2D eigenvalue weighted by atomic mass is 16.5. The topological polar surface area (TPSA) is 108 Å². The molecule has 1 saturated heterocycles. The Kier molecular flexibility index (Phi) is 3.53. The monoisotopic (exact) mass is 327 g/mol. The van der Waals surface area contributed by atoms with Crippen LogP contribution in [0.15, 0.2) is 28.9 Å². The second-order valence-electron chi connectivity index (χ2n) is 6.18. The molecule has 0 bridgehead atoms. The number of fused-ring (bicyclic) bond motifs is 1. The van der Waals surface area contributed by atoms with E-state index in [4.69, 9.17) is 4.52 Å². The molecular weight excluding hydrogens is 310 g/mol. The molecule has 0 saturated carbocycles. The van der Waals surface area contributed by atoms with Crippen LogP contribution >= 0.6 is 0 Å². The fourth-order valence-electron chi connectivity index (χ4n) is 3.10. The average Bonchev–Trinajstić information content (AvgIpc) is 3.27. The van der Waals surface area contributed by atoms with Gasteiger partial charge in [0.05, 0.1) is 18.0 Å². The largest absolute Gasteiger partial charge is 0.391 e. The number of carbonyl (C=O) groups is 1. The van der Waals surface area contributed by atoms with Crippen molar-refractivity contribution in [3.05, 3.63) is 41.5 Å². The van der Waals surface area contributed by atoms with Crippen LogP contribution in [-0.2, 0) is 6.42 Å². The molecule has 8 nitrogen and oxygen atoms in total.